The molecular weight excluding hydrogens is 330 g/mol. The Morgan fingerprint density at radius 2 is 1.82 bits per heavy atom. The fourth-order valence-corrected chi connectivity index (χ4v) is 2.60. The lowest BCUT2D eigenvalue weighted by atomic mass is 10.2. The summed E-state index contributed by atoms with van der Waals surface area (Å²) in [5, 5.41) is 7.12. The second-order valence-corrected chi connectivity index (χ2v) is 6.69. The highest BCUT2D eigenvalue weighted by molar-refractivity contribution is 9.10. The van der Waals surface area contributed by atoms with Crippen molar-refractivity contribution in [2.24, 2.45) is 7.05 Å². The normalized spacial score (nSPS) is 11.7. The summed E-state index contributed by atoms with van der Waals surface area (Å²) in [5.74, 6) is 0.441. The lowest BCUT2D eigenvalue weighted by Gasteiger charge is -2.01. The van der Waals surface area contributed by atoms with Crippen LogP contribution in [0, 0.1) is 0 Å². The fraction of sp³-hybridized carbons (Fsp3) is 0.111. The van der Waals surface area contributed by atoms with Crippen molar-refractivity contribution in [3.05, 3.63) is 28.7 Å². The molecule has 1 heterocycles. The van der Waals surface area contributed by atoms with Crippen molar-refractivity contribution in [3.8, 4) is 11.4 Å². The van der Waals surface area contributed by atoms with Crippen molar-refractivity contribution >= 4 is 35.7 Å². The van der Waals surface area contributed by atoms with Crippen molar-refractivity contribution in [2.75, 3.05) is 0 Å². The minimum atomic E-state index is -3.88. The van der Waals surface area contributed by atoms with E-state index in [1.165, 1.54) is 4.57 Å². The molecule has 17 heavy (non-hydrogen) atoms. The molecule has 0 saturated heterocycles. The van der Waals surface area contributed by atoms with Gasteiger partial charge in [-0.25, -0.2) is 8.42 Å². The zero-order valence-corrected chi connectivity index (χ0v) is 11.8. The van der Waals surface area contributed by atoms with E-state index in [1.807, 2.05) is 12.1 Å². The van der Waals surface area contributed by atoms with Gasteiger partial charge in [0.2, 0.25) is 0 Å². The molecule has 0 bridgehead atoms. The summed E-state index contributed by atoms with van der Waals surface area (Å²) < 4.78 is 24.6. The molecule has 5 nitrogen and oxygen atoms in total. The molecule has 1 aromatic carbocycles. The molecule has 8 heteroatoms. The van der Waals surface area contributed by atoms with Gasteiger partial charge in [0.1, 0.15) is 0 Å². The summed E-state index contributed by atoms with van der Waals surface area (Å²) in [7, 11) is 2.90. The quantitative estimate of drug-likeness (QED) is 0.788. The predicted octanol–water partition coefficient (Wildman–Crippen LogP) is 2.17. The average molecular weight is 337 g/mol. The molecule has 0 unspecified atom stereocenters. The lowest BCUT2D eigenvalue weighted by Crippen LogP contribution is -2.02. The van der Waals surface area contributed by atoms with Crippen molar-refractivity contribution in [2.45, 2.75) is 5.16 Å². The SMILES string of the molecule is Cn1c(-c2ccc(Br)cc2)nnc1S(=O)(=O)Cl. The maximum Gasteiger partial charge on any atom is 0.296 e. The third kappa shape index (κ3) is 2.51. The van der Waals surface area contributed by atoms with Crippen LogP contribution in [0.5, 0.6) is 0 Å². The Kier molecular flexibility index (Phi) is 3.24. The molecule has 0 saturated carbocycles. The van der Waals surface area contributed by atoms with E-state index in [4.69, 9.17) is 10.7 Å². The molecule has 1 aromatic heterocycles. The van der Waals surface area contributed by atoms with E-state index in [9.17, 15) is 8.42 Å². The molecular formula is C9H7BrClN3O2S. The molecule has 0 fully saturated rings. The van der Waals surface area contributed by atoms with Gasteiger partial charge in [0.15, 0.2) is 5.82 Å². The summed E-state index contributed by atoms with van der Waals surface area (Å²) in [6.45, 7) is 0. The highest BCUT2D eigenvalue weighted by Crippen LogP contribution is 2.22. The average Bonchev–Trinajstić information content (AvgIpc) is 2.61. The number of hydrogen-bond acceptors (Lipinski definition) is 4. The maximum atomic E-state index is 11.2. The monoisotopic (exact) mass is 335 g/mol. The van der Waals surface area contributed by atoms with Crippen LogP contribution in [0.15, 0.2) is 33.9 Å². The van der Waals surface area contributed by atoms with Gasteiger partial charge in [-0.05, 0) is 12.1 Å². The third-order valence-electron chi connectivity index (χ3n) is 2.16. The first kappa shape index (κ1) is 12.5. The third-order valence-corrected chi connectivity index (χ3v) is 3.89. The number of rotatable bonds is 2. The number of halogens is 2. The van der Waals surface area contributed by atoms with E-state index >= 15 is 0 Å². The summed E-state index contributed by atoms with van der Waals surface area (Å²) in [6, 6.07) is 7.27. The standard InChI is InChI=1S/C9H7BrClN3O2S/c1-14-8(6-2-4-7(10)5-3-6)12-13-9(14)17(11,15)16/h2-5H,1H3. The summed E-state index contributed by atoms with van der Waals surface area (Å²) in [5.41, 5.74) is 0.759. The van der Waals surface area contributed by atoms with Gasteiger partial charge in [-0.2, -0.15) is 0 Å². The van der Waals surface area contributed by atoms with Crippen LogP contribution in [0.25, 0.3) is 11.4 Å². The van der Waals surface area contributed by atoms with Crippen molar-refractivity contribution in [1.82, 2.24) is 14.8 Å². The Bertz CT molecular complexity index is 651. The Balaban J connectivity index is 2.55. The molecule has 0 aliphatic carbocycles. The van der Waals surface area contributed by atoms with E-state index in [0.29, 0.717) is 5.82 Å². The lowest BCUT2D eigenvalue weighted by molar-refractivity contribution is 0.593. The van der Waals surface area contributed by atoms with Crippen LogP contribution in [0.3, 0.4) is 0 Å². The first-order valence-corrected chi connectivity index (χ1v) is 7.60. The van der Waals surface area contributed by atoms with Crippen LogP contribution in [0.1, 0.15) is 0 Å². The molecule has 0 N–H and O–H groups in total. The van der Waals surface area contributed by atoms with Gasteiger partial charge in [0.05, 0.1) is 0 Å². The van der Waals surface area contributed by atoms with Gasteiger partial charge in [-0.15, -0.1) is 10.2 Å². The van der Waals surface area contributed by atoms with Gasteiger partial charge in [0.25, 0.3) is 14.2 Å². The van der Waals surface area contributed by atoms with E-state index < -0.39 is 9.05 Å². The highest BCUT2D eigenvalue weighted by Gasteiger charge is 2.20. The zero-order valence-electron chi connectivity index (χ0n) is 8.63. The summed E-state index contributed by atoms with van der Waals surface area (Å²) >= 11 is 3.31. The van der Waals surface area contributed by atoms with Crippen LogP contribution in [0.2, 0.25) is 0 Å². The number of benzene rings is 1. The number of nitrogens with zero attached hydrogens (tertiary/aromatic N) is 3. The Morgan fingerprint density at radius 3 is 2.29 bits per heavy atom. The summed E-state index contributed by atoms with van der Waals surface area (Å²) in [4.78, 5) is 0. The summed E-state index contributed by atoms with van der Waals surface area (Å²) in [6.07, 6.45) is 0. The molecule has 0 radical (unpaired) electrons. The smallest absolute Gasteiger partial charge is 0.296 e. The number of hydrogen-bond donors (Lipinski definition) is 0. The van der Waals surface area contributed by atoms with Gasteiger partial charge in [-0.3, -0.25) is 4.57 Å². The van der Waals surface area contributed by atoms with Crippen LogP contribution in [-0.2, 0) is 16.1 Å². The van der Waals surface area contributed by atoms with Crippen molar-refractivity contribution in [1.29, 1.82) is 0 Å². The van der Waals surface area contributed by atoms with Gasteiger partial charge in [-0.1, -0.05) is 28.1 Å². The number of aromatic nitrogens is 3. The fourth-order valence-electron chi connectivity index (χ4n) is 1.38. The van der Waals surface area contributed by atoms with Crippen LogP contribution in [0.4, 0.5) is 0 Å². The first-order valence-electron chi connectivity index (χ1n) is 4.49. The van der Waals surface area contributed by atoms with Crippen molar-refractivity contribution in [3.63, 3.8) is 0 Å². The van der Waals surface area contributed by atoms with E-state index in [-0.39, 0.29) is 5.16 Å². The molecule has 0 atom stereocenters. The molecule has 2 aromatic rings. The Morgan fingerprint density at radius 1 is 1.24 bits per heavy atom. The van der Waals surface area contributed by atoms with E-state index in [1.54, 1.807) is 19.2 Å². The molecule has 0 aliphatic heterocycles. The predicted molar refractivity (Wildman–Crippen MR) is 67.2 cm³/mol. The topological polar surface area (TPSA) is 64.8 Å². The second-order valence-electron chi connectivity index (χ2n) is 3.31. The molecule has 0 spiro atoms. The zero-order chi connectivity index (χ0) is 12.6. The van der Waals surface area contributed by atoms with Crippen LogP contribution in [-0.4, -0.2) is 23.2 Å². The van der Waals surface area contributed by atoms with Crippen molar-refractivity contribution < 1.29 is 8.42 Å². The van der Waals surface area contributed by atoms with E-state index in [0.717, 1.165) is 10.0 Å². The minimum absolute atomic E-state index is 0.267. The highest BCUT2D eigenvalue weighted by atomic mass is 79.9. The Labute approximate surface area is 111 Å². The maximum absolute atomic E-state index is 11.2. The first-order chi connectivity index (χ1) is 7.89. The Hall–Kier alpha value is -0.920. The molecule has 2 rings (SSSR count). The van der Waals surface area contributed by atoms with E-state index in [2.05, 4.69) is 26.1 Å². The second kappa shape index (κ2) is 4.40. The molecule has 90 valence electrons. The van der Waals surface area contributed by atoms with Gasteiger partial charge in [0, 0.05) is 27.8 Å². The van der Waals surface area contributed by atoms with Gasteiger partial charge >= 0.3 is 0 Å². The van der Waals surface area contributed by atoms with Gasteiger partial charge < -0.3 is 0 Å². The largest absolute Gasteiger partial charge is 0.300 e. The molecule has 0 amide bonds. The van der Waals surface area contributed by atoms with Crippen LogP contribution < -0.4 is 0 Å². The molecule has 0 aliphatic rings. The minimum Gasteiger partial charge on any atom is -0.300 e. The van der Waals surface area contributed by atoms with Crippen LogP contribution >= 0.6 is 26.6 Å².